The van der Waals surface area contributed by atoms with Crippen molar-refractivity contribution in [3.63, 3.8) is 0 Å². The summed E-state index contributed by atoms with van der Waals surface area (Å²) < 4.78 is 0. The quantitative estimate of drug-likeness (QED) is 0.837. The van der Waals surface area contributed by atoms with Crippen LogP contribution in [0.15, 0.2) is 24.3 Å². The molecule has 0 unspecified atom stereocenters. The van der Waals surface area contributed by atoms with Crippen molar-refractivity contribution in [2.45, 2.75) is 27.2 Å². The molecule has 0 saturated carbocycles. The van der Waals surface area contributed by atoms with Crippen molar-refractivity contribution in [2.24, 2.45) is 0 Å². The molecule has 0 aliphatic rings. The molecule has 2 N–H and O–H groups in total. The number of anilines is 2. The Labute approximate surface area is 109 Å². The van der Waals surface area contributed by atoms with Gasteiger partial charge in [-0.05, 0) is 44.5 Å². The first-order valence-electron chi connectivity index (χ1n) is 6.57. The topological polar surface area (TPSA) is 42.2 Å². The van der Waals surface area contributed by atoms with E-state index in [-0.39, 0.29) is 0 Å². The molecule has 2 aromatic rings. The smallest absolute Gasteiger partial charge is 0.0727 e. The predicted octanol–water partition coefficient (Wildman–Crippen LogP) is 3.36. The Balaban J connectivity index is 2.63. The fourth-order valence-electron chi connectivity index (χ4n) is 2.33. The molecule has 0 fully saturated rings. The van der Waals surface area contributed by atoms with Crippen LogP contribution in [0.25, 0.3) is 10.9 Å². The summed E-state index contributed by atoms with van der Waals surface area (Å²) in [6.07, 6.45) is 1.14. The van der Waals surface area contributed by atoms with E-state index in [2.05, 4.69) is 29.8 Å². The molecule has 0 radical (unpaired) electrons. The Morgan fingerprint density at radius 1 is 1.22 bits per heavy atom. The van der Waals surface area contributed by atoms with E-state index >= 15 is 0 Å². The number of aromatic nitrogens is 1. The highest BCUT2D eigenvalue weighted by Gasteiger charge is 2.10. The molecule has 0 atom stereocenters. The van der Waals surface area contributed by atoms with E-state index < -0.39 is 0 Å². The zero-order valence-corrected chi connectivity index (χ0v) is 11.4. The minimum Gasteiger partial charge on any atom is -0.399 e. The maximum Gasteiger partial charge on any atom is 0.0727 e. The highest BCUT2D eigenvalue weighted by Crippen LogP contribution is 2.28. The minimum atomic E-state index is 0.793. The highest BCUT2D eigenvalue weighted by molar-refractivity contribution is 5.94. The van der Waals surface area contributed by atoms with Gasteiger partial charge in [0, 0.05) is 35.5 Å². The number of benzene rings is 1. The van der Waals surface area contributed by atoms with Gasteiger partial charge < -0.3 is 10.6 Å². The van der Waals surface area contributed by atoms with Crippen LogP contribution in [0.2, 0.25) is 0 Å². The molecule has 2 rings (SSSR count). The van der Waals surface area contributed by atoms with Crippen molar-refractivity contribution in [2.75, 3.05) is 23.7 Å². The molecule has 3 heteroatoms. The third-order valence-corrected chi connectivity index (χ3v) is 3.15. The van der Waals surface area contributed by atoms with Crippen LogP contribution in [0.3, 0.4) is 0 Å². The maximum absolute atomic E-state index is 5.90. The fourth-order valence-corrected chi connectivity index (χ4v) is 2.33. The van der Waals surface area contributed by atoms with E-state index in [0.29, 0.717) is 0 Å². The van der Waals surface area contributed by atoms with Gasteiger partial charge in [0.15, 0.2) is 0 Å². The van der Waals surface area contributed by atoms with Gasteiger partial charge in [0.2, 0.25) is 0 Å². The zero-order valence-electron chi connectivity index (χ0n) is 11.4. The summed E-state index contributed by atoms with van der Waals surface area (Å²) in [5.74, 6) is 0. The van der Waals surface area contributed by atoms with Crippen LogP contribution in [-0.2, 0) is 0 Å². The number of nitrogens with zero attached hydrogens (tertiary/aromatic N) is 2. The first-order chi connectivity index (χ1) is 8.65. The van der Waals surface area contributed by atoms with Gasteiger partial charge in [-0.3, -0.25) is 4.98 Å². The molecule has 0 bridgehead atoms. The molecule has 0 spiro atoms. The molecular weight excluding hydrogens is 222 g/mol. The van der Waals surface area contributed by atoms with E-state index in [1.807, 2.05) is 25.1 Å². The van der Waals surface area contributed by atoms with Crippen molar-refractivity contribution in [3.05, 3.63) is 30.0 Å². The number of pyridine rings is 1. The number of aryl methyl sites for hydroxylation is 1. The van der Waals surface area contributed by atoms with Crippen LogP contribution >= 0.6 is 0 Å². The first kappa shape index (κ1) is 12.7. The maximum atomic E-state index is 5.90. The largest absolute Gasteiger partial charge is 0.399 e. The molecule has 1 aromatic carbocycles. The molecule has 0 amide bonds. The monoisotopic (exact) mass is 243 g/mol. The molecule has 3 nitrogen and oxygen atoms in total. The van der Waals surface area contributed by atoms with E-state index in [1.165, 1.54) is 5.69 Å². The standard InChI is InChI=1S/C15H21N3/c1-4-8-18(5-2)15-9-11(3)17-14-7-6-12(16)10-13(14)15/h6-7,9-10H,4-5,8,16H2,1-3H3. The van der Waals surface area contributed by atoms with Crippen LogP contribution in [-0.4, -0.2) is 18.1 Å². The summed E-state index contributed by atoms with van der Waals surface area (Å²) in [5, 5.41) is 1.15. The number of nitrogen functional groups attached to an aromatic ring is 1. The average molecular weight is 243 g/mol. The number of fused-ring (bicyclic) bond motifs is 1. The summed E-state index contributed by atoms with van der Waals surface area (Å²) in [4.78, 5) is 6.96. The Morgan fingerprint density at radius 2 is 2.00 bits per heavy atom. The van der Waals surface area contributed by atoms with Gasteiger partial charge in [-0.25, -0.2) is 0 Å². The van der Waals surface area contributed by atoms with Crippen LogP contribution < -0.4 is 10.6 Å². The van der Waals surface area contributed by atoms with Crippen LogP contribution in [0.4, 0.5) is 11.4 Å². The lowest BCUT2D eigenvalue weighted by Gasteiger charge is -2.24. The SMILES string of the molecule is CCCN(CC)c1cc(C)nc2ccc(N)cc12. The second-order valence-corrected chi connectivity index (χ2v) is 4.64. The second kappa shape index (κ2) is 5.25. The lowest BCUT2D eigenvalue weighted by Crippen LogP contribution is -2.23. The van der Waals surface area contributed by atoms with Gasteiger partial charge in [0.05, 0.1) is 5.52 Å². The molecule has 18 heavy (non-hydrogen) atoms. The zero-order chi connectivity index (χ0) is 13.1. The fraction of sp³-hybridized carbons (Fsp3) is 0.400. The Morgan fingerprint density at radius 3 is 2.67 bits per heavy atom. The van der Waals surface area contributed by atoms with E-state index in [9.17, 15) is 0 Å². The van der Waals surface area contributed by atoms with Gasteiger partial charge in [-0.1, -0.05) is 6.92 Å². The van der Waals surface area contributed by atoms with Crippen molar-refractivity contribution < 1.29 is 0 Å². The summed E-state index contributed by atoms with van der Waals surface area (Å²) in [5.41, 5.74) is 10.0. The Kier molecular flexibility index (Phi) is 3.70. The molecule has 0 aliphatic carbocycles. The molecule has 96 valence electrons. The molecule has 0 aliphatic heterocycles. The third kappa shape index (κ3) is 2.40. The van der Waals surface area contributed by atoms with E-state index in [4.69, 9.17) is 5.73 Å². The molecule has 1 heterocycles. The van der Waals surface area contributed by atoms with Gasteiger partial charge in [-0.15, -0.1) is 0 Å². The van der Waals surface area contributed by atoms with Crippen LogP contribution in [0.5, 0.6) is 0 Å². The number of rotatable bonds is 4. The Hall–Kier alpha value is -1.77. The summed E-state index contributed by atoms with van der Waals surface area (Å²) >= 11 is 0. The molecule has 1 aromatic heterocycles. The summed E-state index contributed by atoms with van der Waals surface area (Å²) in [6, 6.07) is 8.09. The highest BCUT2D eigenvalue weighted by atomic mass is 15.1. The van der Waals surface area contributed by atoms with Gasteiger partial charge in [-0.2, -0.15) is 0 Å². The molecular formula is C15H21N3. The van der Waals surface area contributed by atoms with Crippen molar-refractivity contribution in [1.82, 2.24) is 4.98 Å². The number of hydrogen-bond donors (Lipinski definition) is 1. The third-order valence-electron chi connectivity index (χ3n) is 3.15. The Bertz CT molecular complexity index is 549. The van der Waals surface area contributed by atoms with Gasteiger partial charge >= 0.3 is 0 Å². The average Bonchev–Trinajstić information content (AvgIpc) is 2.36. The van der Waals surface area contributed by atoms with Crippen LogP contribution in [0, 0.1) is 6.92 Å². The lowest BCUT2D eigenvalue weighted by molar-refractivity contribution is 0.793. The van der Waals surface area contributed by atoms with Gasteiger partial charge in [0.25, 0.3) is 0 Å². The van der Waals surface area contributed by atoms with Crippen molar-refractivity contribution in [3.8, 4) is 0 Å². The number of nitrogens with two attached hydrogens (primary N) is 1. The first-order valence-corrected chi connectivity index (χ1v) is 6.57. The predicted molar refractivity (Wildman–Crippen MR) is 79.1 cm³/mol. The van der Waals surface area contributed by atoms with Crippen molar-refractivity contribution >= 4 is 22.3 Å². The van der Waals surface area contributed by atoms with Crippen molar-refractivity contribution in [1.29, 1.82) is 0 Å². The second-order valence-electron chi connectivity index (χ2n) is 4.64. The van der Waals surface area contributed by atoms with E-state index in [0.717, 1.165) is 41.8 Å². The lowest BCUT2D eigenvalue weighted by atomic mass is 10.1. The molecule has 0 saturated heterocycles. The summed E-state index contributed by atoms with van der Waals surface area (Å²) in [6.45, 7) is 8.49. The number of hydrogen-bond acceptors (Lipinski definition) is 3. The summed E-state index contributed by atoms with van der Waals surface area (Å²) in [7, 11) is 0. The van der Waals surface area contributed by atoms with E-state index in [1.54, 1.807) is 0 Å². The minimum absolute atomic E-state index is 0.793. The van der Waals surface area contributed by atoms with Crippen LogP contribution in [0.1, 0.15) is 26.0 Å². The van der Waals surface area contributed by atoms with Gasteiger partial charge in [0.1, 0.15) is 0 Å². The normalized spacial score (nSPS) is 10.8.